The van der Waals surface area contributed by atoms with E-state index in [1.165, 1.54) is 12.3 Å². The summed E-state index contributed by atoms with van der Waals surface area (Å²) in [6.45, 7) is 7.37. The lowest BCUT2D eigenvalue weighted by Crippen LogP contribution is -2.39. The predicted molar refractivity (Wildman–Crippen MR) is 147 cm³/mol. The smallest absolute Gasteiger partial charge is 0.270 e. The summed E-state index contributed by atoms with van der Waals surface area (Å²) < 4.78 is 23.8. The number of aliphatic hydroxyl groups excluding tert-OH is 1. The van der Waals surface area contributed by atoms with Crippen molar-refractivity contribution in [2.24, 2.45) is 0 Å². The van der Waals surface area contributed by atoms with E-state index < -0.39 is 17.3 Å². The molecule has 9 nitrogen and oxygen atoms in total. The second-order valence-corrected chi connectivity index (χ2v) is 10.7. The summed E-state index contributed by atoms with van der Waals surface area (Å²) in [6, 6.07) is 4.68. The summed E-state index contributed by atoms with van der Waals surface area (Å²) in [5.74, 6) is -0.0852. The molecule has 0 aliphatic heterocycles. The number of rotatable bonds is 8. The first-order chi connectivity index (χ1) is 18.5. The van der Waals surface area contributed by atoms with Gasteiger partial charge in [-0.1, -0.05) is 24.6 Å². The number of hydrogen-bond acceptors (Lipinski definition) is 7. The standard InChI is InChI=1S/C28H30ClFN6O3/c1-14(2)39-24-18(15(3)26-34-16(4)23-25(31)32-9-10-36(23)26)11-19(29)22(30)21(24)17-5-6-20(33-12-17)27(38)35-28(13-37)7-8-28/h5-6,9-12,14-15,37H,7-8,13H2,1-4H3,(H2,31,32)(H,35,38). The average molecular weight is 553 g/mol. The number of nitrogens with zero attached hydrogens (tertiary/aromatic N) is 4. The van der Waals surface area contributed by atoms with Crippen LogP contribution in [0.25, 0.3) is 16.6 Å². The Hall–Kier alpha value is -3.76. The quantitative estimate of drug-likeness (QED) is 0.290. The molecule has 3 aromatic heterocycles. The SMILES string of the molecule is Cc1nc(C(C)c2cc(Cl)c(F)c(-c3ccc(C(=O)NC4(CO)CC4)nc3)c2OC(C)C)n2ccnc(N)c12. The zero-order chi connectivity index (χ0) is 28.1. The minimum atomic E-state index is -0.655. The van der Waals surface area contributed by atoms with E-state index in [-0.39, 0.29) is 34.9 Å². The fraction of sp³-hybridized carbons (Fsp3) is 0.357. The summed E-state index contributed by atoms with van der Waals surface area (Å²) >= 11 is 6.44. The Bertz CT molecular complexity index is 1570. The van der Waals surface area contributed by atoms with Crippen molar-refractivity contribution in [2.45, 2.75) is 58.1 Å². The highest BCUT2D eigenvalue weighted by Crippen LogP contribution is 2.44. The fourth-order valence-corrected chi connectivity index (χ4v) is 4.95. The number of amides is 1. The maximum absolute atomic E-state index is 15.7. The normalized spacial score (nSPS) is 15.0. The van der Waals surface area contributed by atoms with Gasteiger partial charge in [0.25, 0.3) is 5.91 Å². The number of anilines is 1. The monoisotopic (exact) mass is 552 g/mol. The van der Waals surface area contributed by atoms with Crippen LogP contribution in [-0.4, -0.2) is 48.6 Å². The summed E-state index contributed by atoms with van der Waals surface area (Å²) in [5.41, 5.74) is 8.29. The Morgan fingerprint density at radius 3 is 2.67 bits per heavy atom. The largest absolute Gasteiger partial charge is 0.490 e. The van der Waals surface area contributed by atoms with Crippen LogP contribution in [-0.2, 0) is 0 Å². The van der Waals surface area contributed by atoms with Crippen LogP contribution in [0.3, 0.4) is 0 Å². The number of nitrogens with one attached hydrogen (secondary N) is 1. The van der Waals surface area contributed by atoms with E-state index in [1.807, 2.05) is 32.1 Å². The number of halogens is 2. The van der Waals surface area contributed by atoms with E-state index in [0.717, 1.165) is 5.69 Å². The van der Waals surface area contributed by atoms with Crippen LogP contribution in [0.1, 0.15) is 67.1 Å². The van der Waals surface area contributed by atoms with Gasteiger partial charge in [0, 0.05) is 35.6 Å². The first kappa shape index (κ1) is 26.8. The molecule has 204 valence electrons. The number of carbonyl (C=O) groups is 1. The lowest BCUT2D eigenvalue weighted by molar-refractivity contribution is 0.0901. The maximum atomic E-state index is 15.7. The molecule has 5 rings (SSSR count). The molecule has 0 spiro atoms. The van der Waals surface area contributed by atoms with Crippen molar-refractivity contribution < 1.29 is 19.0 Å². The van der Waals surface area contributed by atoms with Crippen LogP contribution in [0.4, 0.5) is 10.2 Å². The Kier molecular flexibility index (Phi) is 6.94. The molecule has 39 heavy (non-hydrogen) atoms. The molecule has 1 saturated carbocycles. The summed E-state index contributed by atoms with van der Waals surface area (Å²) in [7, 11) is 0. The lowest BCUT2D eigenvalue weighted by atomic mass is 9.93. The third-order valence-corrected chi connectivity index (χ3v) is 7.29. The van der Waals surface area contributed by atoms with Crippen LogP contribution >= 0.6 is 11.6 Å². The van der Waals surface area contributed by atoms with E-state index >= 15 is 4.39 Å². The van der Waals surface area contributed by atoms with E-state index in [2.05, 4.69) is 15.3 Å². The number of benzene rings is 1. The van der Waals surface area contributed by atoms with Crippen LogP contribution in [0.15, 0.2) is 36.8 Å². The first-order valence-electron chi connectivity index (χ1n) is 12.7. The summed E-state index contributed by atoms with van der Waals surface area (Å²) in [6.07, 6.45) is 5.95. The number of aromatic nitrogens is 4. The molecule has 11 heteroatoms. The Morgan fingerprint density at radius 1 is 1.31 bits per heavy atom. The molecule has 4 aromatic rings. The minimum Gasteiger partial charge on any atom is -0.490 e. The van der Waals surface area contributed by atoms with E-state index in [1.54, 1.807) is 24.5 Å². The van der Waals surface area contributed by atoms with Crippen LogP contribution in [0, 0.1) is 12.7 Å². The summed E-state index contributed by atoms with van der Waals surface area (Å²) in [5, 5.41) is 12.3. The van der Waals surface area contributed by atoms with Crippen molar-refractivity contribution in [3.8, 4) is 16.9 Å². The zero-order valence-corrected chi connectivity index (χ0v) is 22.9. The highest BCUT2D eigenvalue weighted by Gasteiger charge is 2.43. The molecule has 1 atom stereocenters. The molecule has 1 aliphatic rings. The first-order valence-corrected chi connectivity index (χ1v) is 13.1. The molecule has 1 amide bonds. The number of aryl methyl sites for hydroxylation is 1. The molecule has 4 N–H and O–H groups in total. The molecule has 0 bridgehead atoms. The van der Waals surface area contributed by atoms with E-state index in [0.29, 0.717) is 46.9 Å². The molecule has 1 fully saturated rings. The number of carbonyl (C=O) groups excluding carboxylic acids is 1. The van der Waals surface area contributed by atoms with Crippen LogP contribution in [0.5, 0.6) is 5.75 Å². The maximum Gasteiger partial charge on any atom is 0.270 e. The number of hydrogen-bond donors (Lipinski definition) is 3. The van der Waals surface area contributed by atoms with Gasteiger partial charge < -0.3 is 20.9 Å². The Labute approximate surface area is 230 Å². The van der Waals surface area contributed by atoms with Gasteiger partial charge in [-0.05, 0) is 45.7 Å². The molecule has 0 saturated heterocycles. The second-order valence-electron chi connectivity index (χ2n) is 10.3. The highest BCUT2D eigenvalue weighted by atomic mass is 35.5. The molecular formula is C28H30ClFN6O3. The lowest BCUT2D eigenvalue weighted by Gasteiger charge is -2.23. The van der Waals surface area contributed by atoms with Gasteiger partial charge in [0.1, 0.15) is 28.6 Å². The van der Waals surface area contributed by atoms with Gasteiger partial charge in [-0.15, -0.1) is 0 Å². The van der Waals surface area contributed by atoms with Gasteiger partial charge in [-0.3, -0.25) is 14.2 Å². The van der Waals surface area contributed by atoms with Gasteiger partial charge in [0.05, 0.1) is 34.5 Å². The van der Waals surface area contributed by atoms with Gasteiger partial charge >= 0.3 is 0 Å². The molecular weight excluding hydrogens is 523 g/mol. The third-order valence-electron chi connectivity index (χ3n) is 7.01. The fourth-order valence-electron chi connectivity index (χ4n) is 4.74. The van der Waals surface area contributed by atoms with Gasteiger partial charge in [0.15, 0.2) is 5.82 Å². The molecule has 1 aromatic carbocycles. The number of imidazole rings is 1. The van der Waals surface area contributed by atoms with Crippen molar-refractivity contribution >= 4 is 28.8 Å². The highest BCUT2D eigenvalue weighted by molar-refractivity contribution is 6.31. The van der Waals surface area contributed by atoms with Gasteiger partial charge in [-0.2, -0.15) is 0 Å². The molecule has 0 radical (unpaired) electrons. The molecule has 1 unspecified atom stereocenters. The van der Waals surface area contributed by atoms with Crippen LogP contribution < -0.4 is 15.8 Å². The number of nitrogens with two attached hydrogens (primary N) is 1. The number of ether oxygens (including phenoxy) is 1. The molecule has 3 heterocycles. The van der Waals surface area contributed by atoms with E-state index in [4.69, 9.17) is 27.1 Å². The zero-order valence-electron chi connectivity index (χ0n) is 22.1. The second kappa shape index (κ2) is 10.1. The van der Waals surface area contributed by atoms with Crippen LogP contribution in [0.2, 0.25) is 5.02 Å². The van der Waals surface area contributed by atoms with Crippen molar-refractivity contribution in [1.82, 2.24) is 24.7 Å². The topological polar surface area (TPSA) is 128 Å². The minimum absolute atomic E-state index is 0.0813. The van der Waals surface area contributed by atoms with Crippen molar-refractivity contribution in [1.29, 1.82) is 0 Å². The van der Waals surface area contributed by atoms with Crippen molar-refractivity contribution in [3.05, 3.63) is 70.4 Å². The third kappa shape index (κ3) is 4.90. The van der Waals surface area contributed by atoms with Crippen molar-refractivity contribution in [3.63, 3.8) is 0 Å². The van der Waals surface area contributed by atoms with E-state index in [9.17, 15) is 9.90 Å². The average Bonchev–Trinajstić information content (AvgIpc) is 3.59. The number of aliphatic hydroxyl groups is 1. The van der Waals surface area contributed by atoms with Gasteiger partial charge in [0.2, 0.25) is 0 Å². The van der Waals surface area contributed by atoms with Crippen molar-refractivity contribution in [2.75, 3.05) is 12.3 Å². The predicted octanol–water partition coefficient (Wildman–Crippen LogP) is 4.67. The number of pyridine rings is 1. The molecule has 1 aliphatic carbocycles. The number of fused-ring (bicyclic) bond motifs is 1. The number of nitrogen functional groups attached to an aromatic ring is 1. The Balaban J connectivity index is 1.60. The Morgan fingerprint density at radius 2 is 2.05 bits per heavy atom. The van der Waals surface area contributed by atoms with Gasteiger partial charge in [-0.25, -0.2) is 14.4 Å². The summed E-state index contributed by atoms with van der Waals surface area (Å²) in [4.78, 5) is 25.9.